The Hall–Kier alpha value is -1.06. The molecule has 1 heterocycles. The lowest BCUT2D eigenvalue weighted by Gasteiger charge is -2.11. The molecule has 1 unspecified atom stereocenters. The lowest BCUT2D eigenvalue weighted by Crippen LogP contribution is -2.25. The zero-order valence-corrected chi connectivity index (χ0v) is 10.0. The minimum absolute atomic E-state index is 0.274. The molecule has 0 saturated carbocycles. The van der Waals surface area contributed by atoms with E-state index in [4.69, 9.17) is 4.74 Å². The van der Waals surface area contributed by atoms with Gasteiger partial charge in [-0.15, -0.1) is 0 Å². The van der Waals surface area contributed by atoms with Crippen molar-refractivity contribution < 1.29 is 4.74 Å². The van der Waals surface area contributed by atoms with Crippen LogP contribution in [0.3, 0.4) is 0 Å². The summed E-state index contributed by atoms with van der Waals surface area (Å²) in [6.45, 7) is 4.96. The summed E-state index contributed by atoms with van der Waals surface area (Å²) in [5, 5.41) is 6.77. The Bertz CT molecular complexity index is 352. The zero-order chi connectivity index (χ0) is 11.4. The highest BCUT2D eigenvalue weighted by atomic mass is 16.5. The smallest absolute Gasteiger partial charge is 0.0667 e. The molecule has 2 rings (SSSR count). The molecule has 1 atom stereocenters. The monoisotopic (exact) mass is 220 g/mol. The van der Waals surface area contributed by atoms with Crippen molar-refractivity contribution in [2.75, 3.05) is 25.5 Å². The quantitative estimate of drug-likeness (QED) is 0.793. The Morgan fingerprint density at radius 2 is 2.38 bits per heavy atom. The molecule has 0 amide bonds. The third-order valence-corrected chi connectivity index (χ3v) is 3.04. The van der Waals surface area contributed by atoms with E-state index in [2.05, 4.69) is 35.8 Å². The molecule has 0 bridgehead atoms. The van der Waals surface area contributed by atoms with Crippen LogP contribution in [0.1, 0.15) is 18.1 Å². The van der Waals surface area contributed by atoms with Crippen LogP contribution >= 0.6 is 0 Å². The maximum absolute atomic E-state index is 5.19. The number of fused-ring (bicyclic) bond motifs is 1. The summed E-state index contributed by atoms with van der Waals surface area (Å²) in [5.74, 6) is 0. The Morgan fingerprint density at radius 3 is 3.19 bits per heavy atom. The largest absolute Gasteiger partial charge is 0.384 e. The minimum atomic E-state index is 0.274. The lowest BCUT2D eigenvalue weighted by atomic mass is 10.1. The first-order valence-corrected chi connectivity index (χ1v) is 5.89. The lowest BCUT2D eigenvalue weighted by molar-refractivity contribution is 0.117. The second-order valence-corrected chi connectivity index (χ2v) is 4.35. The number of rotatable bonds is 5. The molecule has 0 fully saturated rings. The van der Waals surface area contributed by atoms with Crippen LogP contribution in [0.2, 0.25) is 0 Å². The van der Waals surface area contributed by atoms with Gasteiger partial charge in [0.05, 0.1) is 6.10 Å². The number of hydrogen-bond acceptors (Lipinski definition) is 3. The van der Waals surface area contributed by atoms with Crippen molar-refractivity contribution in [3.8, 4) is 0 Å². The summed E-state index contributed by atoms with van der Waals surface area (Å²) in [6.07, 6.45) is 1.42. The third kappa shape index (κ3) is 2.74. The minimum Gasteiger partial charge on any atom is -0.384 e. The fraction of sp³-hybridized carbons (Fsp3) is 0.538. The topological polar surface area (TPSA) is 33.3 Å². The van der Waals surface area contributed by atoms with Crippen molar-refractivity contribution in [1.82, 2.24) is 5.32 Å². The molecule has 0 aromatic heterocycles. The Labute approximate surface area is 97.2 Å². The molecular formula is C13H20N2O. The van der Waals surface area contributed by atoms with E-state index < -0.39 is 0 Å². The summed E-state index contributed by atoms with van der Waals surface area (Å²) in [5.41, 5.74) is 4.10. The molecule has 0 radical (unpaired) electrons. The van der Waals surface area contributed by atoms with Gasteiger partial charge in [0.1, 0.15) is 0 Å². The van der Waals surface area contributed by atoms with E-state index in [1.807, 2.05) is 0 Å². The van der Waals surface area contributed by atoms with Crippen molar-refractivity contribution in [1.29, 1.82) is 0 Å². The molecule has 0 aliphatic carbocycles. The van der Waals surface area contributed by atoms with Gasteiger partial charge in [-0.2, -0.15) is 0 Å². The maximum Gasteiger partial charge on any atom is 0.0667 e. The van der Waals surface area contributed by atoms with Gasteiger partial charge in [0, 0.05) is 32.4 Å². The van der Waals surface area contributed by atoms with Gasteiger partial charge >= 0.3 is 0 Å². The van der Waals surface area contributed by atoms with E-state index >= 15 is 0 Å². The van der Waals surface area contributed by atoms with Crippen molar-refractivity contribution in [3.63, 3.8) is 0 Å². The molecule has 1 aliphatic heterocycles. The number of nitrogens with one attached hydrogen (secondary N) is 2. The van der Waals surface area contributed by atoms with E-state index in [0.717, 1.165) is 26.1 Å². The molecule has 3 nitrogen and oxygen atoms in total. The molecule has 1 aromatic carbocycles. The molecule has 0 saturated heterocycles. The van der Waals surface area contributed by atoms with Gasteiger partial charge in [0.2, 0.25) is 0 Å². The highest BCUT2D eigenvalue weighted by Gasteiger charge is 2.09. The van der Waals surface area contributed by atoms with Gasteiger partial charge < -0.3 is 15.4 Å². The average Bonchev–Trinajstić information content (AvgIpc) is 2.76. The van der Waals surface area contributed by atoms with Crippen LogP contribution in [0.15, 0.2) is 18.2 Å². The maximum atomic E-state index is 5.19. The summed E-state index contributed by atoms with van der Waals surface area (Å²) in [7, 11) is 1.74. The van der Waals surface area contributed by atoms with E-state index in [1.54, 1.807) is 7.11 Å². The summed E-state index contributed by atoms with van der Waals surface area (Å²) in [4.78, 5) is 0. The number of anilines is 1. The van der Waals surface area contributed by atoms with Crippen LogP contribution in [0.4, 0.5) is 5.69 Å². The fourth-order valence-corrected chi connectivity index (χ4v) is 1.97. The predicted octanol–water partition coefficient (Wildman–Crippen LogP) is 1.78. The normalized spacial score (nSPS) is 15.6. The van der Waals surface area contributed by atoms with Crippen molar-refractivity contribution in [2.45, 2.75) is 26.0 Å². The Morgan fingerprint density at radius 1 is 1.50 bits per heavy atom. The number of methoxy groups -OCH3 is 1. The Kier molecular flexibility index (Phi) is 3.80. The van der Waals surface area contributed by atoms with Crippen LogP contribution in [0.5, 0.6) is 0 Å². The second-order valence-electron chi connectivity index (χ2n) is 4.35. The first-order valence-electron chi connectivity index (χ1n) is 5.89. The van der Waals surface area contributed by atoms with Crippen LogP contribution in [0.25, 0.3) is 0 Å². The van der Waals surface area contributed by atoms with E-state index in [9.17, 15) is 0 Å². The van der Waals surface area contributed by atoms with E-state index in [1.165, 1.54) is 16.8 Å². The van der Waals surface area contributed by atoms with Gasteiger partial charge in [-0.05, 0) is 30.5 Å². The van der Waals surface area contributed by atoms with Crippen molar-refractivity contribution in [2.24, 2.45) is 0 Å². The molecule has 3 heteroatoms. The van der Waals surface area contributed by atoms with Gasteiger partial charge in [-0.3, -0.25) is 0 Å². The molecule has 1 aliphatic rings. The molecule has 16 heavy (non-hydrogen) atoms. The summed E-state index contributed by atoms with van der Waals surface area (Å²) >= 11 is 0. The second kappa shape index (κ2) is 5.32. The number of benzene rings is 1. The van der Waals surface area contributed by atoms with E-state index in [0.29, 0.717) is 0 Å². The average molecular weight is 220 g/mol. The summed E-state index contributed by atoms with van der Waals surface area (Å²) < 4.78 is 5.19. The molecule has 1 aromatic rings. The highest BCUT2D eigenvalue weighted by Crippen LogP contribution is 2.22. The summed E-state index contributed by atoms with van der Waals surface area (Å²) in [6, 6.07) is 6.65. The van der Waals surface area contributed by atoms with E-state index in [-0.39, 0.29) is 6.10 Å². The van der Waals surface area contributed by atoms with Crippen LogP contribution in [-0.4, -0.2) is 26.3 Å². The van der Waals surface area contributed by atoms with Crippen molar-refractivity contribution in [3.05, 3.63) is 29.3 Å². The fourth-order valence-electron chi connectivity index (χ4n) is 1.97. The molecule has 2 N–H and O–H groups in total. The third-order valence-electron chi connectivity index (χ3n) is 3.04. The first-order chi connectivity index (χ1) is 7.79. The van der Waals surface area contributed by atoms with Crippen molar-refractivity contribution >= 4 is 5.69 Å². The predicted molar refractivity (Wildman–Crippen MR) is 66.8 cm³/mol. The van der Waals surface area contributed by atoms with Crippen LogP contribution in [-0.2, 0) is 17.7 Å². The standard InChI is InChI=1S/C13H20N2O/c1-10(16-2)8-14-9-11-3-4-13-12(7-11)5-6-15-13/h3-4,7,10,14-15H,5-6,8-9H2,1-2H3. The number of ether oxygens (including phenoxy) is 1. The highest BCUT2D eigenvalue weighted by molar-refractivity contribution is 5.56. The van der Waals surface area contributed by atoms with Gasteiger partial charge in [0.15, 0.2) is 0 Å². The Balaban J connectivity index is 1.86. The molecule has 0 spiro atoms. The van der Waals surface area contributed by atoms with Gasteiger partial charge in [0.25, 0.3) is 0 Å². The molecule has 88 valence electrons. The van der Waals surface area contributed by atoms with Gasteiger partial charge in [-0.1, -0.05) is 12.1 Å². The SMILES string of the molecule is COC(C)CNCc1ccc2c(c1)CCN2. The van der Waals surface area contributed by atoms with Crippen LogP contribution < -0.4 is 10.6 Å². The zero-order valence-electron chi connectivity index (χ0n) is 10.0. The first kappa shape index (κ1) is 11.4. The van der Waals surface area contributed by atoms with Gasteiger partial charge in [-0.25, -0.2) is 0 Å². The van der Waals surface area contributed by atoms with Crippen LogP contribution in [0, 0.1) is 0 Å². The number of hydrogen-bond donors (Lipinski definition) is 2. The molecular weight excluding hydrogens is 200 g/mol.